The molecular weight excluding hydrogens is 1030 g/mol. The number of ether oxygens (including phenoxy) is 10. The highest BCUT2D eigenvalue weighted by Crippen LogP contribution is 2.47. The molecule has 9 unspecified atom stereocenters. The van der Waals surface area contributed by atoms with Crippen LogP contribution in [0.4, 0.5) is 5.13 Å². The van der Waals surface area contributed by atoms with Gasteiger partial charge >= 0.3 is 0 Å². The van der Waals surface area contributed by atoms with Gasteiger partial charge in [0.15, 0.2) is 0 Å². The van der Waals surface area contributed by atoms with Gasteiger partial charge in [-0.05, 0) is 131 Å². The van der Waals surface area contributed by atoms with Crippen LogP contribution < -0.4 is 4.90 Å². The summed E-state index contributed by atoms with van der Waals surface area (Å²) in [6.45, 7) is 21.9. The Bertz CT molecular complexity index is 3140. The molecule has 0 fully saturated rings. The quantitative estimate of drug-likeness (QED) is 0.0173. The number of imide groups is 2. The second kappa shape index (κ2) is 25.9. The molecule has 2 aliphatic rings. The van der Waals surface area contributed by atoms with Crippen molar-refractivity contribution in [3.05, 3.63) is 95.1 Å². The number of hydrogen-bond donors (Lipinski definition) is 0. The number of benzene rings is 6. The lowest BCUT2D eigenvalue weighted by atomic mass is 9.82. The van der Waals surface area contributed by atoms with Gasteiger partial charge in [0.25, 0.3) is 23.6 Å². The van der Waals surface area contributed by atoms with Crippen molar-refractivity contribution in [1.82, 2.24) is 9.88 Å². The molecule has 9 rings (SSSR count). The van der Waals surface area contributed by atoms with E-state index in [-0.39, 0.29) is 62.0 Å². The Morgan fingerprint density at radius 1 is 0.418 bits per heavy atom. The van der Waals surface area contributed by atoms with Crippen molar-refractivity contribution in [3.63, 3.8) is 0 Å². The summed E-state index contributed by atoms with van der Waals surface area (Å²) in [6.07, 6.45) is -1.25. The zero-order valence-corrected chi connectivity index (χ0v) is 47.7. The normalized spacial score (nSPS) is 17.4. The van der Waals surface area contributed by atoms with Crippen molar-refractivity contribution in [2.75, 3.05) is 84.7 Å². The van der Waals surface area contributed by atoms with Crippen LogP contribution >= 0.6 is 11.3 Å². The number of nitrogens with zero attached hydrogens (tertiary/aromatic N) is 3. The van der Waals surface area contributed by atoms with Crippen LogP contribution in [0.2, 0.25) is 0 Å². The predicted octanol–water partition coefficient (Wildman–Crippen LogP) is 10.0. The minimum Gasteiger partial charge on any atom is -0.382 e. The topological polar surface area (TPSA) is 180 Å². The predicted molar refractivity (Wildman–Crippen MR) is 304 cm³/mol. The molecule has 0 spiro atoms. The molecule has 9 atom stereocenters. The molecule has 0 N–H and O–H groups in total. The number of fused-ring (bicyclic) bond motifs is 3. The SMILES string of the molecule is COCCOCC(C)OCC(C)OCC(C)OCC(C)OCC(C)OCC(C)OCC(C)OCC(C)OCC(C)N1C(=O)c2ccc3c4ccc5c6c(ccc(c7ccc(c2c37)C1=O)c64)C(=O)N(c1nc2ccccc2s1)C5=O. The number of rotatable bonds is 31. The van der Waals surface area contributed by atoms with Crippen LogP contribution in [0.3, 0.4) is 0 Å². The maximum absolute atomic E-state index is 14.4. The van der Waals surface area contributed by atoms with Gasteiger partial charge in [-0.15, -0.1) is 0 Å². The lowest BCUT2D eigenvalue weighted by molar-refractivity contribution is -0.110. The largest absolute Gasteiger partial charge is 0.382 e. The van der Waals surface area contributed by atoms with Crippen LogP contribution in [0.5, 0.6) is 0 Å². The average Bonchev–Trinajstić information content (AvgIpc) is 3.82. The second-order valence-electron chi connectivity index (χ2n) is 21.1. The molecule has 0 radical (unpaired) electrons. The first-order chi connectivity index (χ1) is 38.0. The Kier molecular flexibility index (Phi) is 19.0. The third-order valence-corrected chi connectivity index (χ3v) is 15.3. The van der Waals surface area contributed by atoms with Crippen LogP contribution in [0.15, 0.2) is 72.8 Å². The van der Waals surface area contributed by atoms with Crippen LogP contribution in [0, 0.1) is 0 Å². The van der Waals surface area contributed by atoms with E-state index in [1.54, 1.807) is 38.3 Å². The number of amides is 4. The summed E-state index contributed by atoms with van der Waals surface area (Å²) in [5.41, 5.74) is 2.38. The molecule has 0 aliphatic carbocycles. The van der Waals surface area contributed by atoms with Crippen molar-refractivity contribution in [2.45, 2.75) is 117 Å². The lowest BCUT2D eigenvalue weighted by Gasteiger charge is -2.33. The van der Waals surface area contributed by atoms with Gasteiger partial charge in [-0.2, -0.15) is 0 Å². The van der Waals surface area contributed by atoms with Crippen molar-refractivity contribution in [2.24, 2.45) is 0 Å². The number of aromatic nitrogens is 1. The monoisotopic (exact) mass is 1100 g/mol. The first-order valence-corrected chi connectivity index (χ1v) is 28.2. The summed E-state index contributed by atoms with van der Waals surface area (Å²) in [5, 5.41) is 6.34. The van der Waals surface area contributed by atoms with Gasteiger partial charge in [-0.1, -0.05) is 47.7 Å². The molecule has 7 aromatic rings. The van der Waals surface area contributed by atoms with Gasteiger partial charge < -0.3 is 47.4 Å². The van der Waals surface area contributed by atoms with Gasteiger partial charge in [-0.25, -0.2) is 9.88 Å². The summed E-state index contributed by atoms with van der Waals surface area (Å²) in [4.78, 5) is 64.4. The maximum atomic E-state index is 14.4. The molecule has 4 amide bonds. The average molecular weight is 1100 g/mol. The molecule has 3 heterocycles. The number of para-hydroxylation sites is 1. The summed E-state index contributed by atoms with van der Waals surface area (Å²) >= 11 is 1.30. The molecule has 2 aliphatic heterocycles. The van der Waals surface area contributed by atoms with Crippen molar-refractivity contribution >= 4 is 93.4 Å². The highest BCUT2D eigenvalue weighted by atomic mass is 32.1. The molecule has 0 saturated carbocycles. The Balaban J connectivity index is 0.709. The smallest absolute Gasteiger partial charge is 0.267 e. The van der Waals surface area contributed by atoms with E-state index in [2.05, 4.69) is 4.98 Å². The number of hydrogen-bond acceptors (Lipinski definition) is 16. The van der Waals surface area contributed by atoms with E-state index in [1.165, 1.54) is 21.1 Å². The molecule has 0 bridgehead atoms. The summed E-state index contributed by atoms with van der Waals surface area (Å²) < 4.78 is 59.4. The fourth-order valence-corrected chi connectivity index (χ4v) is 11.0. The third-order valence-electron chi connectivity index (χ3n) is 14.3. The second-order valence-corrected chi connectivity index (χ2v) is 22.1. The van der Waals surface area contributed by atoms with E-state index in [0.717, 1.165) is 37.0 Å². The fourth-order valence-electron chi connectivity index (χ4n) is 10.1. The summed E-state index contributed by atoms with van der Waals surface area (Å²) in [5.74, 6) is -1.67. The highest BCUT2D eigenvalue weighted by molar-refractivity contribution is 7.22. The molecule has 17 nitrogen and oxygen atoms in total. The Morgan fingerprint density at radius 2 is 0.772 bits per heavy atom. The zero-order valence-electron chi connectivity index (χ0n) is 46.9. The third kappa shape index (κ3) is 12.8. The molecule has 79 heavy (non-hydrogen) atoms. The van der Waals surface area contributed by atoms with Gasteiger partial charge in [0.1, 0.15) is 0 Å². The minimum atomic E-state index is -0.583. The van der Waals surface area contributed by atoms with Gasteiger partial charge in [0.2, 0.25) is 5.13 Å². The summed E-state index contributed by atoms with van der Waals surface area (Å²) in [6, 6.07) is 21.7. The van der Waals surface area contributed by atoms with E-state index in [4.69, 9.17) is 47.4 Å². The number of thiazole rings is 1. The number of methoxy groups -OCH3 is 1. The van der Waals surface area contributed by atoms with E-state index in [9.17, 15) is 19.2 Å². The lowest BCUT2D eigenvalue weighted by Crippen LogP contribution is -2.48. The molecule has 422 valence electrons. The standard InChI is InChI=1S/C61H73N3O14S/c1-34(25-71-36(3)27-73-38(5)29-75-40(7)31-77-42(9)33-78-41(8)32-76-39(6)30-74-37(4)28-72-35(2)26-70-24-23-69-10)63-57(65)47-19-15-43-45-17-21-49-56-50(60(68)64(59(49)67)61-62-51-13-11-12-14-52(51)79-61)22-18-46(54(45)56)44-16-20-48(58(63)66)55(47)53(43)44/h11-22,34-42H,23-33H2,1-10H3. The van der Waals surface area contributed by atoms with E-state index in [0.29, 0.717) is 103 Å². The first kappa shape index (κ1) is 58.1. The number of anilines is 1. The van der Waals surface area contributed by atoms with Crippen LogP contribution in [0.1, 0.15) is 104 Å². The van der Waals surface area contributed by atoms with Crippen molar-refractivity contribution in [1.29, 1.82) is 0 Å². The Labute approximate surface area is 464 Å². The van der Waals surface area contributed by atoms with E-state index < -0.39 is 29.7 Å². The molecule has 0 saturated heterocycles. The van der Waals surface area contributed by atoms with Gasteiger partial charge in [0.05, 0.1) is 138 Å². The number of carbonyl (C=O) groups is 4. The van der Waals surface area contributed by atoms with Gasteiger partial charge in [-0.3, -0.25) is 24.1 Å². The minimum absolute atomic E-state index is 0.0341. The Hall–Kier alpha value is -5.61. The van der Waals surface area contributed by atoms with Crippen molar-refractivity contribution in [3.8, 4) is 0 Å². The van der Waals surface area contributed by atoms with Gasteiger partial charge in [0, 0.05) is 40.1 Å². The highest BCUT2D eigenvalue weighted by Gasteiger charge is 2.40. The molecule has 18 heteroatoms. The van der Waals surface area contributed by atoms with Crippen LogP contribution in [-0.2, 0) is 47.4 Å². The Morgan fingerprint density at radius 3 is 1.15 bits per heavy atom. The maximum Gasteiger partial charge on any atom is 0.267 e. The first-order valence-electron chi connectivity index (χ1n) is 27.4. The number of carbonyl (C=O) groups excluding carboxylic acids is 4. The van der Waals surface area contributed by atoms with Crippen LogP contribution in [-0.4, -0.2) is 168 Å². The van der Waals surface area contributed by atoms with Crippen LogP contribution in [0.25, 0.3) is 53.3 Å². The summed E-state index contributed by atoms with van der Waals surface area (Å²) in [7, 11) is 1.65. The zero-order chi connectivity index (χ0) is 56.1. The molecule has 6 aromatic carbocycles. The molecule has 1 aromatic heterocycles. The molecular formula is C61H73N3O14S. The van der Waals surface area contributed by atoms with Crippen molar-refractivity contribution < 1.29 is 66.5 Å². The fraction of sp³-hybridized carbons (Fsp3) is 0.492. The van der Waals surface area contributed by atoms with E-state index >= 15 is 0 Å². The van der Waals surface area contributed by atoms with E-state index in [1.807, 2.05) is 104 Å².